The van der Waals surface area contributed by atoms with Crippen LogP contribution in [0.2, 0.25) is 0 Å². The number of hydrogen-bond acceptors (Lipinski definition) is 2. The largest absolute Gasteiger partial charge is 0.319 e. The molecule has 0 radical (unpaired) electrons. The van der Waals surface area contributed by atoms with Crippen molar-refractivity contribution in [1.82, 2.24) is 5.32 Å². The van der Waals surface area contributed by atoms with Gasteiger partial charge in [0.15, 0.2) is 0 Å². The smallest absolute Gasteiger partial charge is 0.0345 e. The first-order valence-electron chi connectivity index (χ1n) is 5.69. The van der Waals surface area contributed by atoms with Gasteiger partial charge in [0.1, 0.15) is 0 Å². The van der Waals surface area contributed by atoms with E-state index in [-0.39, 0.29) is 0 Å². The molecule has 2 rings (SSSR count). The Bertz CT molecular complexity index is 475. The van der Waals surface area contributed by atoms with Gasteiger partial charge in [-0.2, -0.15) is 0 Å². The summed E-state index contributed by atoms with van der Waals surface area (Å²) in [6.07, 6.45) is 0. The summed E-state index contributed by atoms with van der Waals surface area (Å²) in [6.45, 7) is 3.28. The van der Waals surface area contributed by atoms with Crippen LogP contribution in [0.4, 0.5) is 0 Å². The van der Waals surface area contributed by atoms with Crippen molar-refractivity contribution in [3.05, 3.63) is 45.7 Å². The first-order chi connectivity index (χ1) is 8.20. The molecule has 1 atom stereocenters. The van der Waals surface area contributed by atoms with E-state index in [1.54, 1.807) is 0 Å². The lowest BCUT2D eigenvalue weighted by Gasteiger charge is -2.07. The number of thiophene rings is 1. The number of likely N-dealkylation sites (N-methyl/N-ethyl adjacent to an activating group) is 1. The van der Waals surface area contributed by atoms with Crippen LogP contribution in [0, 0.1) is 0 Å². The predicted molar refractivity (Wildman–Crippen MR) is 79.8 cm³/mol. The summed E-state index contributed by atoms with van der Waals surface area (Å²) in [7, 11) is 2.00. The van der Waals surface area contributed by atoms with Crippen LogP contribution < -0.4 is 5.32 Å². The molecule has 1 aromatic carbocycles. The van der Waals surface area contributed by atoms with E-state index in [0.29, 0.717) is 5.92 Å². The summed E-state index contributed by atoms with van der Waals surface area (Å²) < 4.78 is 1.13. The first-order valence-corrected chi connectivity index (χ1v) is 7.37. The van der Waals surface area contributed by atoms with Gasteiger partial charge in [0.05, 0.1) is 0 Å². The lowest BCUT2D eigenvalue weighted by molar-refractivity contribution is 0.680. The maximum atomic E-state index is 3.46. The molecule has 0 aliphatic rings. The van der Waals surface area contributed by atoms with E-state index in [4.69, 9.17) is 0 Å². The molecule has 0 fully saturated rings. The van der Waals surface area contributed by atoms with Gasteiger partial charge in [-0.1, -0.05) is 35.0 Å². The van der Waals surface area contributed by atoms with Crippen LogP contribution in [0.1, 0.15) is 18.4 Å². The summed E-state index contributed by atoms with van der Waals surface area (Å²) in [6, 6.07) is 10.8. The molecule has 1 nitrogen and oxygen atoms in total. The molecular weight excluding hydrogens is 294 g/mol. The van der Waals surface area contributed by atoms with Crippen LogP contribution in [0.5, 0.6) is 0 Å². The van der Waals surface area contributed by atoms with Gasteiger partial charge in [-0.05, 0) is 47.7 Å². The summed E-state index contributed by atoms with van der Waals surface area (Å²) in [5.74, 6) is 0.570. The third-order valence-electron chi connectivity index (χ3n) is 2.83. The van der Waals surface area contributed by atoms with E-state index in [9.17, 15) is 0 Å². The lowest BCUT2D eigenvalue weighted by Crippen LogP contribution is -2.14. The fraction of sp³-hybridized carbons (Fsp3) is 0.286. The Labute approximate surface area is 115 Å². The van der Waals surface area contributed by atoms with Crippen molar-refractivity contribution in [2.24, 2.45) is 0 Å². The van der Waals surface area contributed by atoms with Gasteiger partial charge < -0.3 is 5.32 Å². The molecule has 0 saturated carbocycles. The van der Waals surface area contributed by atoms with Crippen LogP contribution in [0.15, 0.2) is 40.2 Å². The second kappa shape index (κ2) is 5.80. The summed E-state index contributed by atoms with van der Waals surface area (Å²) >= 11 is 5.28. The number of halogens is 1. The fourth-order valence-corrected chi connectivity index (χ4v) is 3.10. The molecule has 1 heterocycles. The third-order valence-corrected chi connectivity index (χ3v) is 4.35. The molecule has 1 unspecified atom stereocenters. The summed E-state index contributed by atoms with van der Waals surface area (Å²) in [5.41, 5.74) is 2.71. The van der Waals surface area contributed by atoms with Crippen molar-refractivity contribution in [1.29, 1.82) is 0 Å². The van der Waals surface area contributed by atoms with Crippen LogP contribution in [0.3, 0.4) is 0 Å². The highest BCUT2D eigenvalue weighted by Gasteiger charge is 2.08. The minimum atomic E-state index is 0.570. The van der Waals surface area contributed by atoms with E-state index in [0.717, 1.165) is 11.0 Å². The van der Waals surface area contributed by atoms with Crippen LogP contribution in [-0.2, 0) is 0 Å². The van der Waals surface area contributed by atoms with Crippen molar-refractivity contribution in [3.8, 4) is 10.4 Å². The zero-order valence-electron chi connectivity index (χ0n) is 10.0. The highest BCUT2D eigenvalue weighted by Crippen LogP contribution is 2.31. The third kappa shape index (κ3) is 3.18. The molecular formula is C14H16BrNS. The summed E-state index contributed by atoms with van der Waals surface area (Å²) in [4.78, 5) is 1.34. The Morgan fingerprint density at radius 1 is 1.29 bits per heavy atom. The molecule has 0 saturated heterocycles. The highest BCUT2D eigenvalue weighted by atomic mass is 79.9. The highest BCUT2D eigenvalue weighted by molar-refractivity contribution is 9.10. The minimum absolute atomic E-state index is 0.570. The van der Waals surface area contributed by atoms with Gasteiger partial charge in [0.25, 0.3) is 0 Å². The summed E-state index contributed by atoms with van der Waals surface area (Å²) in [5, 5.41) is 5.48. The number of hydrogen-bond donors (Lipinski definition) is 1. The first kappa shape index (κ1) is 12.8. The Kier molecular flexibility index (Phi) is 4.37. The van der Waals surface area contributed by atoms with Crippen LogP contribution in [0.25, 0.3) is 10.4 Å². The molecule has 0 bridgehead atoms. The lowest BCUT2D eigenvalue weighted by atomic mass is 10.0. The quantitative estimate of drug-likeness (QED) is 0.876. The van der Waals surface area contributed by atoms with Crippen LogP contribution in [-0.4, -0.2) is 13.6 Å². The Hall–Kier alpha value is -0.640. The molecule has 0 amide bonds. The van der Waals surface area contributed by atoms with Gasteiger partial charge in [0.2, 0.25) is 0 Å². The van der Waals surface area contributed by atoms with E-state index in [1.807, 2.05) is 18.4 Å². The molecule has 2 aromatic rings. The van der Waals surface area contributed by atoms with Crippen molar-refractivity contribution in [2.45, 2.75) is 12.8 Å². The number of rotatable bonds is 4. The Balaban J connectivity index is 2.20. The van der Waals surface area contributed by atoms with Gasteiger partial charge >= 0.3 is 0 Å². The van der Waals surface area contributed by atoms with Gasteiger partial charge in [-0.15, -0.1) is 11.3 Å². The molecule has 0 aliphatic carbocycles. The zero-order chi connectivity index (χ0) is 12.3. The fourth-order valence-electron chi connectivity index (χ4n) is 1.80. The molecule has 0 spiro atoms. The molecule has 0 aliphatic heterocycles. The zero-order valence-corrected chi connectivity index (χ0v) is 12.4. The van der Waals surface area contributed by atoms with E-state index in [2.05, 4.69) is 63.9 Å². The second-order valence-electron chi connectivity index (χ2n) is 4.21. The number of benzene rings is 1. The van der Waals surface area contributed by atoms with E-state index >= 15 is 0 Å². The van der Waals surface area contributed by atoms with Crippen molar-refractivity contribution >= 4 is 27.3 Å². The van der Waals surface area contributed by atoms with Crippen LogP contribution >= 0.6 is 27.3 Å². The van der Waals surface area contributed by atoms with Gasteiger partial charge in [-0.3, -0.25) is 0 Å². The second-order valence-corrected chi connectivity index (χ2v) is 6.04. The van der Waals surface area contributed by atoms with Gasteiger partial charge in [0, 0.05) is 15.9 Å². The standard InChI is InChI=1S/C14H16BrNS/c1-10(8-16-2)12-7-14(17-9-12)11-3-5-13(15)6-4-11/h3-7,9-10,16H,8H2,1-2H3. The molecule has 90 valence electrons. The van der Waals surface area contributed by atoms with Crippen molar-refractivity contribution in [2.75, 3.05) is 13.6 Å². The van der Waals surface area contributed by atoms with E-state index < -0.39 is 0 Å². The maximum Gasteiger partial charge on any atom is 0.0345 e. The van der Waals surface area contributed by atoms with Gasteiger partial charge in [-0.25, -0.2) is 0 Å². The molecule has 3 heteroatoms. The van der Waals surface area contributed by atoms with Crippen molar-refractivity contribution < 1.29 is 0 Å². The Morgan fingerprint density at radius 3 is 2.65 bits per heavy atom. The number of nitrogens with one attached hydrogen (secondary N) is 1. The van der Waals surface area contributed by atoms with Crippen molar-refractivity contribution in [3.63, 3.8) is 0 Å². The average molecular weight is 310 g/mol. The topological polar surface area (TPSA) is 12.0 Å². The molecule has 1 N–H and O–H groups in total. The predicted octanol–water partition coefficient (Wildman–Crippen LogP) is 4.50. The molecule has 17 heavy (non-hydrogen) atoms. The minimum Gasteiger partial charge on any atom is -0.319 e. The SMILES string of the molecule is CNCC(C)c1csc(-c2ccc(Br)cc2)c1. The Morgan fingerprint density at radius 2 is 2.00 bits per heavy atom. The maximum absolute atomic E-state index is 3.46. The van der Waals surface area contributed by atoms with E-state index in [1.165, 1.54) is 16.0 Å². The molecule has 1 aromatic heterocycles. The average Bonchev–Trinajstić information content (AvgIpc) is 2.80. The monoisotopic (exact) mass is 309 g/mol. The normalized spacial score (nSPS) is 12.6.